The summed E-state index contributed by atoms with van der Waals surface area (Å²) in [6.07, 6.45) is 5.17. The monoisotopic (exact) mass is 246 g/mol. The van der Waals surface area contributed by atoms with Crippen molar-refractivity contribution >= 4 is 5.82 Å². The quantitative estimate of drug-likeness (QED) is 0.815. The number of pyridine rings is 1. The Labute approximate surface area is 109 Å². The molecule has 3 nitrogen and oxygen atoms in total. The molecular weight excluding hydrogens is 224 g/mol. The van der Waals surface area contributed by atoms with Crippen LogP contribution < -0.4 is 4.90 Å². The molecule has 0 amide bonds. The van der Waals surface area contributed by atoms with E-state index in [-0.39, 0.29) is 12.0 Å². The molecule has 0 unspecified atom stereocenters. The van der Waals surface area contributed by atoms with E-state index in [1.807, 2.05) is 12.1 Å². The molecule has 0 atom stereocenters. The van der Waals surface area contributed by atoms with E-state index < -0.39 is 0 Å². The summed E-state index contributed by atoms with van der Waals surface area (Å²) in [4.78, 5) is 6.63. The van der Waals surface area contributed by atoms with E-state index in [0.717, 1.165) is 30.9 Å². The molecule has 0 aromatic carbocycles. The minimum Gasteiger partial charge on any atom is -0.392 e. The first-order valence-electron chi connectivity index (χ1n) is 6.51. The van der Waals surface area contributed by atoms with Crippen LogP contribution in [-0.2, 0) is 6.61 Å². The van der Waals surface area contributed by atoms with Crippen LogP contribution in [0.3, 0.4) is 0 Å². The van der Waals surface area contributed by atoms with Gasteiger partial charge >= 0.3 is 0 Å². The SMILES string of the molecule is CC(C)(C)C1=CCN(c2ncccc2CO)CC1. The summed E-state index contributed by atoms with van der Waals surface area (Å²) >= 11 is 0. The van der Waals surface area contributed by atoms with Crippen LogP contribution in [0.5, 0.6) is 0 Å². The van der Waals surface area contributed by atoms with Gasteiger partial charge in [-0.25, -0.2) is 4.98 Å². The lowest BCUT2D eigenvalue weighted by Crippen LogP contribution is -2.32. The van der Waals surface area contributed by atoms with Crippen molar-refractivity contribution in [2.75, 3.05) is 18.0 Å². The second kappa shape index (κ2) is 5.11. The number of nitrogens with zero attached hydrogens (tertiary/aromatic N) is 2. The first-order valence-corrected chi connectivity index (χ1v) is 6.51. The molecule has 0 bridgehead atoms. The first kappa shape index (κ1) is 13.1. The van der Waals surface area contributed by atoms with Gasteiger partial charge in [-0.05, 0) is 17.9 Å². The molecule has 0 saturated carbocycles. The summed E-state index contributed by atoms with van der Waals surface area (Å²) in [6.45, 7) is 8.69. The van der Waals surface area contributed by atoms with Crippen molar-refractivity contribution in [3.8, 4) is 0 Å². The van der Waals surface area contributed by atoms with Gasteiger partial charge in [-0.1, -0.05) is 38.5 Å². The summed E-state index contributed by atoms with van der Waals surface area (Å²) in [6, 6.07) is 3.81. The highest BCUT2D eigenvalue weighted by molar-refractivity contribution is 5.48. The Hall–Kier alpha value is -1.35. The molecule has 1 aliphatic heterocycles. The number of hydrogen-bond donors (Lipinski definition) is 1. The largest absolute Gasteiger partial charge is 0.392 e. The van der Waals surface area contributed by atoms with E-state index in [4.69, 9.17) is 0 Å². The van der Waals surface area contributed by atoms with E-state index >= 15 is 0 Å². The molecule has 98 valence electrons. The maximum absolute atomic E-state index is 9.35. The Morgan fingerprint density at radius 3 is 2.72 bits per heavy atom. The van der Waals surface area contributed by atoms with Crippen molar-refractivity contribution in [1.82, 2.24) is 4.98 Å². The van der Waals surface area contributed by atoms with Crippen LogP contribution in [0.4, 0.5) is 5.82 Å². The predicted molar refractivity (Wildman–Crippen MR) is 74.5 cm³/mol. The molecule has 2 heterocycles. The lowest BCUT2D eigenvalue weighted by Gasteiger charge is -2.33. The molecule has 0 spiro atoms. The van der Waals surface area contributed by atoms with Crippen molar-refractivity contribution in [3.63, 3.8) is 0 Å². The third-order valence-electron chi connectivity index (χ3n) is 3.51. The van der Waals surface area contributed by atoms with E-state index in [2.05, 4.69) is 36.7 Å². The van der Waals surface area contributed by atoms with Crippen LogP contribution in [0.15, 0.2) is 30.0 Å². The van der Waals surface area contributed by atoms with E-state index in [1.54, 1.807) is 6.20 Å². The van der Waals surface area contributed by atoms with Gasteiger partial charge < -0.3 is 10.0 Å². The summed E-state index contributed by atoms with van der Waals surface area (Å²) in [5.41, 5.74) is 2.68. The van der Waals surface area contributed by atoms with Crippen LogP contribution in [0.1, 0.15) is 32.8 Å². The lowest BCUT2D eigenvalue weighted by molar-refractivity contribution is 0.281. The molecule has 1 aromatic rings. The zero-order chi connectivity index (χ0) is 13.2. The predicted octanol–water partition coefficient (Wildman–Crippen LogP) is 2.76. The highest BCUT2D eigenvalue weighted by Crippen LogP contribution is 2.31. The lowest BCUT2D eigenvalue weighted by atomic mass is 9.83. The molecule has 0 saturated heterocycles. The topological polar surface area (TPSA) is 36.4 Å². The van der Waals surface area contributed by atoms with Gasteiger partial charge in [-0.2, -0.15) is 0 Å². The summed E-state index contributed by atoms with van der Waals surface area (Å²) < 4.78 is 0. The minimum absolute atomic E-state index is 0.0511. The molecule has 0 radical (unpaired) electrons. The molecule has 3 heteroatoms. The molecule has 1 N–H and O–H groups in total. The Bertz CT molecular complexity index is 446. The zero-order valence-corrected chi connectivity index (χ0v) is 11.5. The standard InChI is InChI=1S/C15H22N2O/c1-15(2,3)13-6-9-17(10-7-13)14-12(11-18)5-4-8-16-14/h4-6,8,18H,7,9-11H2,1-3H3. The fraction of sp³-hybridized carbons (Fsp3) is 0.533. The minimum atomic E-state index is 0.0511. The molecule has 0 aliphatic carbocycles. The maximum atomic E-state index is 9.35. The van der Waals surface area contributed by atoms with E-state index in [1.165, 1.54) is 5.57 Å². The van der Waals surface area contributed by atoms with Gasteiger partial charge in [0.15, 0.2) is 0 Å². The Morgan fingerprint density at radius 1 is 1.39 bits per heavy atom. The second-order valence-corrected chi connectivity index (χ2v) is 5.82. The highest BCUT2D eigenvalue weighted by atomic mass is 16.3. The van der Waals surface area contributed by atoms with Crippen LogP contribution in [0.2, 0.25) is 0 Å². The summed E-state index contributed by atoms with van der Waals surface area (Å²) in [5.74, 6) is 0.921. The van der Waals surface area contributed by atoms with Gasteiger partial charge in [0.25, 0.3) is 0 Å². The first-order chi connectivity index (χ1) is 8.52. The van der Waals surface area contributed by atoms with E-state index in [0.29, 0.717) is 0 Å². The third-order valence-corrected chi connectivity index (χ3v) is 3.51. The highest BCUT2D eigenvalue weighted by Gasteiger charge is 2.22. The van der Waals surface area contributed by atoms with Crippen molar-refractivity contribution in [2.45, 2.75) is 33.8 Å². The van der Waals surface area contributed by atoms with Crippen molar-refractivity contribution in [1.29, 1.82) is 0 Å². The van der Waals surface area contributed by atoms with Gasteiger partial charge in [0.1, 0.15) is 5.82 Å². The summed E-state index contributed by atoms with van der Waals surface area (Å²) in [5, 5.41) is 9.35. The second-order valence-electron chi connectivity index (χ2n) is 5.82. The van der Waals surface area contributed by atoms with Crippen LogP contribution in [-0.4, -0.2) is 23.2 Å². The van der Waals surface area contributed by atoms with Gasteiger partial charge in [0.05, 0.1) is 6.61 Å². The number of aromatic nitrogens is 1. The Balaban J connectivity index is 2.17. The average molecular weight is 246 g/mol. The van der Waals surface area contributed by atoms with Gasteiger partial charge in [0, 0.05) is 24.8 Å². The normalized spacial score (nSPS) is 16.7. The molecule has 18 heavy (non-hydrogen) atoms. The van der Waals surface area contributed by atoms with Crippen LogP contribution >= 0.6 is 0 Å². The molecule has 1 aliphatic rings. The fourth-order valence-corrected chi connectivity index (χ4v) is 2.38. The number of aliphatic hydroxyl groups is 1. The Morgan fingerprint density at radius 2 is 2.17 bits per heavy atom. The average Bonchev–Trinajstić information content (AvgIpc) is 2.38. The number of rotatable bonds is 2. The number of aliphatic hydroxyl groups excluding tert-OH is 1. The molecule has 1 aromatic heterocycles. The van der Waals surface area contributed by atoms with Crippen molar-refractivity contribution in [3.05, 3.63) is 35.5 Å². The van der Waals surface area contributed by atoms with Gasteiger partial charge in [-0.3, -0.25) is 0 Å². The smallest absolute Gasteiger partial charge is 0.134 e. The molecule has 0 fully saturated rings. The van der Waals surface area contributed by atoms with Crippen molar-refractivity contribution in [2.24, 2.45) is 5.41 Å². The zero-order valence-electron chi connectivity index (χ0n) is 11.5. The number of hydrogen-bond acceptors (Lipinski definition) is 3. The maximum Gasteiger partial charge on any atom is 0.134 e. The van der Waals surface area contributed by atoms with Gasteiger partial charge in [-0.15, -0.1) is 0 Å². The van der Waals surface area contributed by atoms with Crippen LogP contribution in [0, 0.1) is 5.41 Å². The van der Waals surface area contributed by atoms with Crippen molar-refractivity contribution < 1.29 is 5.11 Å². The van der Waals surface area contributed by atoms with Crippen LogP contribution in [0.25, 0.3) is 0 Å². The molecular formula is C15H22N2O. The van der Waals surface area contributed by atoms with Gasteiger partial charge in [0.2, 0.25) is 0 Å². The third kappa shape index (κ3) is 2.72. The Kier molecular flexibility index (Phi) is 3.71. The number of anilines is 1. The fourth-order valence-electron chi connectivity index (χ4n) is 2.38. The summed E-state index contributed by atoms with van der Waals surface area (Å²) in [7, 11) is 0. The van der Waals surface area contributed by atoms with E-state index in [9.17, 15) is 5.11 Å². The molecule has 2 rings (SSSR count).